The van der Waals surface area contributed by atoms with Crippen molar-refractivity contribution in [1.29, 1.82) is 0 Å². The molecule has 2 aromatic rings. The second kappa shape index (κ2) is 3.42. The van der Waals surface area contributed by atoms with Crippen molar-refractivity contribution in [1.82, 2.24) is 20.3 Å². The maximum Gasteiger partial charge on any atom is 0.234 e. The van der Waals surface area contributed by atoms with E-state index in [1.807, 2.05) is 6.20 Å². The molecule has 1 N–H and O–H groups in total. The molecule has 0 aliphatic heterocycles. The Kier molecular flexibility index (Phi) is 1.89. The van der Waals surface area contributed by atoms with Crippen LogP contribution in [0.4, 0.5) is 0 Å². The molecule has 5 heteroatoms. The Morgan fingerprint density at radius 1 is 1.29 bits per heavy atom. The molecule has 0 radical (unpaired) electrons. The van der Waals surface area contributed by atoms with Crippen LogP contribution in [-0.2, 0) is 6.42 Å². The lowest BCUT2D eigenvalue weighted by molar-refractivity contribution is 0.350. The monoisotopic (exact) mass is 230 g/mol. The minimum Gasteiger partial charge on any atom is -0.339 e. The third-order valence-electron chi connectivity index (χ3n) is 3.74. The second-order valence-electron chi connectivity index (χ2n) is 5.01. The molecule has 2 aromatic heterocycles. The van der Waals surface area contributed by atoms with E-state index >= 15 is 0 Å². The highest BCUT2D eigenvalue weighted by atomic mass is 16.5. The molecule has 2 aliphatic rings. The van der Waals surface area contributed by atoms with E-state index in [4.69, 9.17) is 4.52 Å². The molecule has 1 atom stereocenters. The first kappa shape index (κ1) is 9.39. The van der Waals surface area contributed by atoms with Crippen molar-refractivity contribution < 1.29 is 4.52 Å². The van der Waals surface area contributed by atoms with Gasteiger partial charge in [-0.3, -0.25) is 5.10 Å². The average molecular weight is 230 g/mol. The molecule has 4 rings (SSSR count). The van der Waals surface area contributed by atoms with Gasteiger partial charge in [-0.05, 0) is 32.1 Å². The average Bonchev–Trinajstić information content (AvgIpc) is 2.93. The van der Waals surface area contributed by atoms with Gasteiger partial charge in [-0.15, -0.1) is 0 Å². The van der Waals surface area contributed by atoms with Crippen molar-refractivity contribution in [3.63, 3.8) is 0 Å². The Morgan fingerprint density at radius 3 is 3.12 bits per heavy atom. The van der Waals surface area contributed by atoms with Crippen LogP contribution in [0.5, 0.6) is 0 Å². The van der Waals surface area contributed by atoms with Crippen LogP contribution in [0.25, 0.3) is 0 Å². The summed E-state index contributed by atoms with van der Waals surface area (Å²) in [4.78, 5) is 4.55. The van der Waals surface area contributed by atoms with E-state index in [1.54, 1.807) is 0 Å². The minimum absolute atomic E-state index is 0.248. The molecule has 1 fully saturated rings. The zero-order valence-corrected chi connectivity index (χ0v) is 9.52. The number of nitrogens with zero attached hydrogens (tertiary/aromatic N) is 3. The van der Waals surface area contributed by atoms with Gasteiger partial charge in [0.05, 0.1) is 12.1 Å². The first-order valence-corrected chi connectivity index (χ1v) is 6.27. The topological polar surface area (TPSA) is 67.6 Å². The van der Waals surface area contributed by atoms with Gasteiger partial charge in [-0.25, -0.2) is 0 Å². The maximum atomic E-state index is 5.43. The third kappa shape index (κ3) is 1.49. The lowest BCUT2D eigenvalue weighted by Crippen LogP contribution is -2.10. The van der Waals surface area contributed by atoms with Gasteiger partial charge < -0.3 is 4.52 Å². The highest BCUT2D eigenvalue weighted by molar-refractivity contribution is 5.29. The van der Waals surface area contributed by atoms with Crippen molar-refractivity contribution >= 4 is 0 Å². The third-order valence-corrected chi connectivity index (χ3v) is 3.74. The number of aryl methyl sites for hydroxylation is 1. The smallest absolute Gasteiger partial charge is 0.234 e. The summed E-state index contributed by atoms with van der Waals surface area (Å²) in [5.74, 6) is 2.47. The Labute approximate surface area is 98.6 Å². The number of aromatic nitrogens is 4. The summed E-state index contributed by atoms with van der Waals surface area (Å²) < 4.78 is 5.43. The van der Waals surface area contributed by atoms with E-state index in [0.717, 1.165) is 31.0 Å². The zero-order chi connectivity index (χ0) is 11.2. The fourth-order valence-corrected chi connectivity index (χ4v) is 2.61. The molecule has 2 heterocycles. The summed E-state index contributed by atoms with van der Waals surface area (Å²) in [5, 5.41) is 11.3. The number of aromatic amines is 1. The summed E-state index contributed by atoms with van der Waals surface area (Å²) in [7, 11) is 0. The largest absolute Gasteiger partial charge is 0.339 e. The van der Waals surface area contributed by atoms with Gasteiger partial charge >= 0.3 is 0 Å². The molecule has 0 spiro atoms. The highest BCUT2D eigenvalue weighted by Crippen LogP contribution is 2.40. The second-order valence-corrected chi connectivity index (χ2v) is 5.01. The molecule has 0 saturated heterocycles. The van der Waals surface area contributed by atoms with Crippen molar-refractivity contribution in [3.8, 4) is 0 Å². The van der Waals surface area contributed by atoms with Crippen LogP contribution in [0.2, 0.25) is 0 Å². The van der Waals surface area contributed by atoms with Gasteiger partial charge in [0.15, 0.2) is 5.82 Å². The number of H-pyrrole nitrogens is 1. The standard InChI is InChI=1S/C12H14N4O/c1-2-8(9-6-13-15-10(9)3-1)12-14-11(16-17-12)7-4-5-7/h6-8H,1-5H2,(H,13,15)/t8-/m1/s1. The van der Waals surface area contributed by atoms with Gasteiger partial charge in [-0.1, -0.05) is 5.16 Å². The number of hydrogen-bond donors (Lipinski definition) is 1. The lowest BCUT2D eigenvalue weighted by atomic mass is 9.87. The number of hydrogen-bond acceptors (Lipinski definition) is 4. The molecule has 0 bridgehead atoms. The predicted molar refractivity (Wildman–Crippen MR) is 59.6 cm³/mol. The van der Waals surface area contributed by atoms with E-state index in [1.165, 1.54) is 24.1 Å². The predicted octanol–water partition coefficient (Wildman–Crippen LogP) is 2.14. The lowest BCUT2D eigenvalue weighted by Gasteiger charge is -2.17. The molecular weight excluding hydrogens is 216 g/mol. The van der Waals surface area contributed by atoms with E-state index in [-0.39, 0.29) is 5.92 Å². The van der Waals surface area contributed by atoms with Crippen LogP contribution < -0.4 is 0 Å². The fourth-order valence-electron chi connectivity index (χ4n) is 2.61. The normalized spacial score (nSPS) is 23.6. The van der Waals surface area contributed by atoms with Crippen molar-refractivity contribution in [2.75, 3.05) is 0 Å². The first-order valence-electron chi connectivity index (χ1n) is 6.27. The quantitative estimate of drug-likeness (QED) is 0.858. The summed E-state index contributed by atoms with van der Waals surface area (Å²) >= 11 is 0. The molecule has 5 nitrogen and oxygen atoms in total. The molecule has 0 unspecified atom stereocenters. The molecule has 1 saturated carbocycles. The van der Waals surface area contributed by atoms with E-state index in [9.17, 15) is 0 Å². The van der Waals surface area contributed by atoms with Crippen molar-refractivity contribution in [2.45, 2.75) is 43.9 Å². The molecule has 88 valence electrons. The summed E-state index contributed by atoms with van der Waals surface area (Å²) in [6.45, 7) is 0. The Balaban J connectivity index is 1.70. The van der Waals surface area contributed by atoms with Crippen molar-refractivity contribution in [3.05, 3.63) is 29.2 Å². The first-order chi connectivity index (χ1) is 8.42. The van der Waals surface area contributed by atoms with Crippen LogP contribution in [0.15, 0.2) is 10.7 Å². The Morgan fingerprint density at radius 2 is 2.24 bits per heavy atom. The summed E-state index contributed by atoms with van der Waals surface area (Å²) in [5.41, 5.74) is 2.47. The van der Waals surface area contributed by atoms with Crippen molar-refractivity contribution in [2.24, 2.45) is 0 Å². The van der Waals surface area contributed by atoms with E-state index in [2.05, 4.69) is 20.3 Å². The molecular formula is C12H14N4O. The summed E-state index contributed by atoms with van der Waals surface area (Å²) in [6, 6.07) is 0. The Bertz CT molecular complexity index is 540. The Hall–Kier alpha value is -1.65. The molecule has 0 amide bonds. The molecule has 17 heavy (non-hydrogen) atoms. The van der Waals surface area contributed by atoms with Gasteiger partial charge in [0.1, 0.15) is 0 Å². The number of nitrogens with one attached hydrogen (secondary N) is 1. The van der Waals surface area contributed by atoms with Gasteiger partial charge in [0.2, 0.25) is 5.89 Å². The van der Waals surface area contributed by atoms with Gasteiger partial charge in [-0.2, -0.15) is 10.1 Å². The number of fused-ring (bicyclic) bond motifs is 1. The van der Waals surface area contributed by atoms with Crippen LogP contribution in [0, 0.1) is 0 Å². The van der Waals surface area contributed by atoms with Crippen LogP contribution >= 0.6 is 0 Å². The minimum atomic E-state index is 0.248. The zero-order valence-electron chi connectivity index (χ0n) is 9.52. The SMILES string of the molecule is c1n[nH]c2c1[C@H](c1nc(C3CC3)no1)CCC2. The highest BCUT2D eigenvalue weighted by Gasteiger charge is 2.32. The summed E-state index contributed by atoms with van der Waals surface area (Å²) in [6.07, 6.45) is 7.64. The van der Waals surface area contributed by atoms with Crippen LogP contribution in [-0.4, -0.2) is 20.3 Å². The van der Waals surface area contributed by atoms with Gasteiger partial charge in [0, 0.05) is 17.2 Å². The van der Waals surface area contributed by atoms with Gasteiger partial charge in [0.25, 0.3) is 0 Å². The number of rotatable bonds is 2. The molecule has 0 aromatic carbocycles. The van der Waals surface area contributed by atoms with E-state index in [0.29, 0.717) is 5.92 Å². The fraction of sp³-hybridized carbons (Fsp3) is 0.583. The van der Waals surface area contributed by atoms with Crippen LogP contribution in [0.3, 0.4) is 0 Å². The maximum absolute atomic E-state index is 5.43. The van der Waals surface area contributed by atoms with E-state index < -0.39 is 0 Å². The van der Waals surface area contributed by atoms with Crippen LogP contribution in [0.1, 0.15) is 60.5 Å². The molecule has 2 aliphatic carbocycles.